The van der Waals surface area contributed by atoms with Crippen LogP contribution < -0.4 is 27.4 Å². The predicted octanol–water partition coefficient (Wildman–Crippen LogP) is 3.90. The summed E-state index contributed by atoms with van der Waals surface area (Å²) >= 11 is 0. The summed E-state index contributed by atoms with van der Waals surface area (Å²) in [4.78, 5) is 51.7. The van der Waals surface area contributed by atoms with Crippen LogP contribution in [0.25, 0.3) is 0 Å². The van der Waals surface area contributed by atoms with Crippen LogP contribution in [-0.4, -0.2) is 55.1 Å². The Morgan fingerprint density at radius 2 is 1.51 bits per heavy atom. The predicted molar refractivity (Wildman–Crippen MR) is 161 cm³/mol. The second kappa shape index (κ2) is 18.9. The molecule has 2 aliphatic rings. The molecule has 0 aliphatic heterocycles. The maximum Gasteiger partial charge on any atom is 0.407 e. The smallest absolute Gasteiger partial charge is 0.407 e. The van der Waals surface area contributed by atoms with E-state index >= 15 is 0 Å². The van der Waals surface area contributed by atoms with Crippen LogP contribution in [0.15, 0.2) is 0 Å². The maximum atomic E-state index is 13.6. The number of nitrogens with two attached hydrogens (primary N) is 2. The van der Waals surface area contributed by atoms with Gasteiger partial charge in [-0.15, -0.1) is 0 Å². The second-order valence-corrected chi connectivity index (χ2v) is 12.1. The zero-order chi connectivity index (χ0) is 30.2. The Kier molecular flexibility index (Phi) is 16.1. The Balaban J connectivity index is 2.12. The van der Waals surface area contributed by atoms with E-state index in [-0.39, 0.29) is 48.1 Å². The minimum atomic E-state index is -0.767. The van der Waals surface area contributed by atoms with Gasteiger partial charge in [0.2, 0.25) is 17.7 Å². The molecule has 0 aromatic heterocycles. The molecule has 236 valence electrons. The van der Waals surface area contributed by atoms with Crippen molar-refractivity contribution >= 4 is 23.8 Å². The van der Waals surface area contributed by atoms with E-state index in [1.807, 2.05) is 0 Å². The first-order valence-corrected chi connectivity index (χ1v) is 16.3. The molecule has 2 fully saturated rings. The molecule has 2 rings (SSSR count). The molecular formula is C31H57N5O5. The van der Waals surface area contributed by atoms with Crippen molar-refractivity contribution in [2.24, 2.45) is 35.1 Å². The van der Waals surface area contributed by atoms with Gasteiger partial charge in [0.15, 0.2) is 0 Å². The Morgan fingerprint density at radius 3 is 2.12 bits per heavy atom. The van der Waals surface area contributed by atoms with E-state index in [1.165, 1.54) is 6.42 Å². The van der Waals surface area contributed by atoms with E-state index in [2.05, 4.69) is 29.8 Å². The highest BCUT2D eigenvalue weighted by molar-refractivity contribution is 5.91. The average Bonchev–Trinajstić information content (AvgIpc) is 3.73. The summed E-state index contributed by atoms with van der Waals surface area (Å²) in [5.41, 5.74) is 11.5. The van der Waals surface area contributed by atoms with Crippen LogP contribution in [-0.2, 0) is 19.1 Å². The van der Waals surface area contributed by atoms with Gasteiger partial charge >= 0.3 is 6.09 Å². The van der Waals surface area contributed by atoms with Gasteiger partial charge in [0.25, 0.3) is 0 Å². The topological polar surface area (TPSA) is 166 Å². The lowest BCUT2D eigenvalue weighted by molar-refractivity contribution is -0.131. The first-order chi connectivity index (χ1) is 19.7. The van der Waals surface area contributed by atoms with Crippen LogP contribution in [0.4, 0.5) is 4.79 Å². The van der Waals surface area contributed by atoms with Crippen molar-refractivity contribution in [1.82, 2.24) is 16.0 Å². The van der Waals surface area contributed by atoms with Gasteiger partial charge in [0.05, 0.1) is 6.61 Å². The molecule has 10 nitrogen and oxygen atoms in total. The fourth-order valence-electron chi connectivity index (χ4n) is 6.48. The van der Waals surface area contributed by atoms with Crippen molar-refractivity contribution in [3.63, 3.8) is 0 Å². The molecule has 4 amide bonds. The molecular weight excluding hydrogens is 522 g/mol. The van der Waals surface area contributed by atoms with Gasteiger partial charge in [0.1, 0.15) is 12.1 Å². The van der Waals surface area contributed by atoms with Crippen LogP contribution in [0.5, 0.6) is 0 Å². The fourth-order valence-corrected chi connectivity index (χ4v) is 6.48. The van der Waals surface area contributed by atoms with Crippen molar-refractivity contribution in [3.8, 4) is 0 Å². The summed E-state index contributed by atoms with van der Waals surface area (Å²) in [5.74, 6) is -0.258. The van der Waals surface area contributed by atoms with Gasteiger partial charge in [-0.1, -0.05) is 65.2 Å². The van der Waals surface area contributed by atoms with Crippen LogP contribution >= 0.6 is 0 Å². The molecule has 10 heteroatoms. The third-order valence-corrected chi connectivity index (χ3v) is 8.84. The first-order valence-electron chi connectivity index (χ1n) is 16.3. The number of primary amides is 1. The van der Waals surface area contributed by atoms with Gasteiger partial charge in [-0.3, -0.25) is 14.4 Å². The van der Waals surface area contributed by atoms with Crippen molar-refractivity contribution in [2.45, 2.75) is 135 Å². The second-order valence-electron chi connectivity index (χ2n) is 12.1. The summed E-state index contributed by atoms with van der Waals surface area (Å²) in [6.07, 6.45) is 12.6. The summed E-state index contributed by atoms with van der Waals surface area (Å²) in [6, 6.07) is -1.59. The largest absolute Gasteiger partial charge is 0.450 e. The van der Waals surface area contributed by atoms with E-state index in [9.17, 15) is 19.2 Å². The Hall–Kier alpha value is -2.36. The number of alkyl carbamates (subject to hydrolysis) is 1. The molecule has 2 aliphatic carbocycles. The monoisotopic (exact) mass is 579 g/mol. The van der Waals surface area contributed by atoms with Crippen molar-refractivity contribution in [3.05, 3.63) is 0 Å². The van der Waals surface area contributed by atoms with Crippen molar-refractivity contribution in [2.75, 3.05) is 13.2 Å². The summed E-state index contributed by atoms with van der Waals surface area (Å²) in [6.45, 7) is 6.62. The zero-order valence-corrected chi connectivity index (χ0v) is 25.8. The van der Waals surface area contributed by atoms with E-state index in [0.29, 0.717) is 31.7 Å². The quantitative estimate of drug-likeness (QED) is 0.137. The Labute approximate surface area is 247 Å². The summed E-state index contributed by atoms with van der Waals surface area (Å²) < 4.78 is 5.07. The number of nitrogens with one attached hydrogen (secondary N) is 3. The van der Waals surface area contributed by atoms with Gasteiger partial charge in [-0.2, -0.15) is 0 Å². The summed E-state index contributed by atoms with van der Waals surface area (Å²) in [7, 11) is 0. The van der Waals surface area contributed by atoms with Crippen molar-refractivity contribution in [1.29, 1.82) is 0 Å². The van der Waals surface area contributed by atoms with Crippen LogP contribution in [0.2, 0.25) is 0 Å². The molecule has 2 saturated carbocycles. The molecule has 0 spiro atoms. The average molecular weight is 580 g/mol. The Morgan fingerprint density at radius 1 is 0.805 bits per heavy atom. The highest BCUT2D eigenvalue weighted by Gasteiger charge is 2.49. The number of hydrogen-bond donors (Lipinski definition) is 5. The van der Waals surface area contributed by atoms with E-state index in [0.717, 1.165) is 70.6 Å². The fraction of sp³-hybridized carbons (Fsp3) is 0.871. The number of carbonyl (C=O) groups excluding carboxylic acids is 4. The van der Waals surface area contributed by atoms with E-state index in [4.69, 9.17) is 16.2 Å². The first kappa shape index (κ1) is 34.8. The lowest BCUT2D eigenvalue weighted by atomic mass is 9.84. The van der Waals surface area contributed by atoms with Crippen molar-refractivity contribution < 1.29 is 23.9 Å². The molecule has 6 atom stereocenters. The van der Waals surface area contributed by atoms with Crippen LogP contribution in [0.3, 0.4) is 0 Å². The molecule has 7 N–H and O–H groups in total. The van der Waals surface area contributed by atoms with E-state index in [1.54, 1.807) is 6.92 Å². The van der Waals surface area contributed by atoms with Gasteiger partial charge in [-0.05, 0) is 76.2 Å². The third-order valence-electron chi connectivity index (χ3n) is 8.84. The van der Waals surface area contributed by atoms with Crippen LogP contribution in [0, 0.1) is 23.7 Å². The lowest BCUT2D eigenvalue weighted by Gasteiger charge is -2.29. The molecule has 0 aromatic carbocycles. The molecule has 0 saturated heterocycles. The zero-order valence-electron chi connectivity index (χ0n) is 25.8. The highest BCUT2D eigenvalue weighted by Crippen LogP contribution is 2.49. The maximum absolute atomic E-state index is 13.6. The number of carbonyl (C=O) groups is 4. The minimum absolute atomic E-state index is 0.0782. The summed E-state index contributed by atoms with van der Waals surface area (Å²) in [5, 5.41) is 8.93. The number of amides is 4. The highest BCUT2D eigenvalue weighted by atomic mass is 16.5. The normalized spacial score (nSPS) is 21.7. The third kappa shape index (κ3) is 12.2. The molecule has 0 bridgehead atoms. The number of unbranched alkanes of at least 4 members (excludes halogenated alkanes) is 2. The van der Waals surface area contributed by atoms with Gasteiger partial charge in [-0.25, -0.2) is 4.79 Å². The lowest BCUT2D eigenvalue weighted by Crippen LogP contribution is -2.55. The molecule has 0 aromatic rings. The van der Waals surface area contributed by atoms with Gasteiger partial charge in [0, 0.05) is 12.0 Å². The number of rotatable bonds is 20. The molecule has 0 radical (unpaired) electrons. The molecule has 41 heavy (non-hydrogen) atoms. The number of hydrogen-bond acceptors (Lipinski definition) is 6. The SMILES string of the molecule is CCCC[C@@H](C(N)=O)C1CC1[C@H](CCC)NC(=O)[C@H](CCCCN)NC(=O)[C@H](CC1CCCCC1)NC(=O)OCC. The minimum Gasteiger partial charge on any atom is -0.450 e. The standard InChI is InChI=1S/C31H57N5O5/c1-4-7-16-22(28(33)37)23-20-24(23)25(13-5-2)34-29(38)26(17-11-12-18-32)35-30(39)27(36-31(40)41-6-3)19-21-14-9-8-10-15-21/h21-27H,4-20,32H2,1-3H3,(H2,33,37)(H,34,38)(H,35,39)(H,36,40)/t22-,23?,24?,25+,26+,27+/m1/s1. The molecule has 0 heterocycles. The molecule has 2 unspecified atom stereocenters. The van der Waals surface area contributed by atoms with E-state index < -0.39 is 18.2 Å². The Bertz CT molecular complexity index is 819. The van der Waals surface area contributed by atoms with Gasteiger partial charge < -0.3 is 32.2 Å². The van der Waals surface area contributed by atoms with Crippen LogP contribution in [0.1, 0.15) is 117 Å². The number of ether oxygens (including phenoxy) is 1.